The van der Waals surface area contributed by atoms with Crippen molar-refractivity contribution >= 4 is 23.2 Å². The van der Waals surface area contributed by atoms with Gasteiger partial charge < -0.3 is 5.32 Å². The van der Waals surface area contributed by atoms with Gasteiger partial charge in [0.15, 0.2) is 0 Å². The van der Waals surface area contributed by atoms with Gasteiger partial charge in [0.1, 0.15) is 12.2 Å². The van der Waals surface area contributed by atoms with Crippen LogP contribution in [0.15, 0.2) is 41.2 Å². The molecule has 118 valence electrons. The number of hydrogen-bond donors (Lipinski definition) is 1. The zero-order chi connectivity index (χ0) is 16.4. The maximum Gasteiger partial charge on any atom is 0.279 e. The molecular formula is C16H16N4O3. The molecule has 0 saturated carbocycles. The zero-order valence-electron chi connectivity index (χ0n) is 12.7. The maximum atomic E-state index is 12.7. The van der Waals surface area contributed by atoms with Crippen LogP contribution in [-0.2, 0) is 11.3 Å². The summed E-state index contributed by atoms with van der Waals surface area (Å²) in [5, 5.41) is 6.84. The number of anilines is 2. The summed E-state index contributed by atoms with van der Waals surface area (Å²) in [6.07, 6.45) is 0.736. The van der Waals surface area contributed by atoms with Crippen molar-refractivity contribution in [2.24, 2.45) is 0 Å². The van der Waals surface area contributed by atoms with E-state index in [2.05, 4.69) is 10.4 Å². The second kappa shape index (κ2) is 6.04. The molecule has 0 unspecified atom stereocenters. The van der Waals surface area contributed by atoms with E-state index in [-0.39, 0.29) is 23.7 Å². The molecule has 0 saturated heterocycles. The van der Waals surface area contributed by atoms with Gasteiger partial charge in [-0.2, -0.15) is 5.10 Å². The minimum atomic E-state index is -0.405. The van der Waals surface area contributed by atoms with Crippen molar-refractivity contribution in [1.82, 2.24) is 9.78 Å². The molecule has 1 N–H and O–H groups in total. The van der Waals surface area contributed by atoms with Crippen LogP contribution in [0.2, 0.25) is 0 Å². The van der Waals surface area contributed by atoms with E-state index in [1.54, 1.807) is 24.3 Å². The summed E-state index contributed by atoms with van der Waals surface area (Å²) in [7, 11) is 0. The Morgan fingerprint density at radius 3 is 2.78 bits per heavy atom. The third-order valence-corrected chi connectivity index (χ3v) is 3.54. The number of para-hydroxylation sites is 2. The van der Waals surface area contributed by atoms with Gasteiger partial charge in [-0.1, -0.05) is 19.1 Å². The Hall–Kier alpha value is -2.96. The number of benzene rings is 1. The van der Waals surface area contributed by atoms with Gasteiger partial charge in [0.05, 0.1) is 11.4 Å². The zero-order valence-corrected chi connectivity index (χ0v) is 12.7. The maximum absolute atomic E-state index is 12.7. The lowest BCUT2D eigenvalue weighted by molar-refractivity contribution is -0.115. The molecule has 0 aliphatic carbocycles. The van der Waals surface area contributed by atoms with Crippen LogP contribution >= 0.6 is 0 Å². The van der Waals surface area contributed by atoms with Gasteiger partial charge in [0, 0.05) is 12.6 Å². The van der Waals surface area contributed by atoms with E-state index in [0.29, 0.717) is 17.9 Å². The van der Waals surface area contributed by atoms with Crippen molar-refractivity contribution in [2.75, 3.05) is 16.8 Å². The average molecular weight is 312 g/mol. The molecule has 2 amide bonds. The van der Waals surface area contributed by atoms with Gasteiger partial charge in [0.2, 0.25) is 5.91 Å². The number of carbonyl (C=O) groups excluding carboxylic acids is 2. The molecule has 3 rings (SSSR count). The number of rotatable bonds is 3. The van der Waals surface area contributed by atoms with Gasteiger partial charge in [-0.3, -0.25) is 19.3 Å². The predicted molar refractivity (Wildman–Crippen MR) is 85.5 cm³/mol. The fourth-order valence-electron chi connectivity index (χ4n) is 2.49. The van der Waals surface area contributed by atoms with Crippen LogP contribution in [0.4, 0.5) is 11.4 Å². The highest BCUT2D eigenvalue weighted by molar-refractivity contribution is 6.14. The van der Waals surface area contributed by atoms with Crippen molar-refractivity contribution < 1.29 is 9.59 Å². The lowest BCUT2D eigenvalue weighted by Crippen LogP contribution is -2.43. The molecule has 0 spiro atoms. The molecule has 23 heavy (non-hydrogen) atoms. The number of aromatic nitrogens is 2. The third-order valence-electron chi connectivity index (χ3n) is 3.54. The SMILES string of the molecule is CCCn1nc(C(=O)N2CC(=O)Nc3ccccc32)ccc1=O. The summed E-state index contributed by atoms with van der Waals surface area (Å²) >= 11 is 0. The summed E-state index contributed by atoms with van der Waals surface area (Å²) in [6, 6.07) is 9.79. The third kappa shape index (κ3) is 2.85. The van der Waals surface area contributed by atoms with Gasteiger partial charge in [-0.05, 0) is 24.6 Å². The molecule has 1 aliphatic heterocycles. The summed E-state index contributed by atoms with van der Waals surface area (Å²) in [5.74, 6) is -0.670. The van der Waals surface area contributed by atoms with Crippen molar-refractivity contribution in [3.8, 4) is 0 Å². The first kappa shape index (κ1) is 15.0. The minimum absolute atomic E-state index is 0.0789. The normalized spacial score (nSPS) is 13.4. The Balaban J connectivity index is 1.99. The van der Waals surface area contributed by atoms with Gasteiger partial charge >= 0.3 is 0 Å². The summed E-state index contributed by atoms with van der Waals surface area (Å²) in [5.41, 5.74) is 1.09. The molecule has 0 atom stereocenters. The Morgan fingerprint density at radius 2 is 2.00 bits per heavy atom. The molecular weight excluding hydrogens is 296 g/mol. The highest BCUT2D eigenvalue weighted by Crippen LogP contribution is 2.29. The number of nitrogens with zero attached hydrogens (tertiary/aromatic N) is 3. The van der Waals surface area contributed by atoms with Crippen LogP contribution in [0.5, 0.6) is 0 Å². The number of carbonyl (C=O) groups is 2. The molecule has 2 aromatic rings. The monoisotopic (exact) mass is 312 g/mol. The smallest absolute Gasteiger partial charge is 0.279 e. The number of nitrogens with one attached hydrogen (secondary N) is 1. The van der Waals surface area contributed by atoms with Crippen LogP contribution in [-0.4, -0.2) is 28.1 Å². The number of aryl methyl sites for hydroxylation is 1. The fraction of sp³-hybridized carbons (Fsp3) is 0.250. The number of hydrogen-bond acceptors (Lipinski definition) is 4. The van der Waals surface area contributed by atoms with Gasteiger partial charge in [0.25, 0.3) is 11.5 Å². The van der Waals surface area contributed by atoms with E-state index in [9.17, 15) is 14.4 Å². The standard InChI is InChI=1S/C16H16N4O3/c1-2-9-20-15(22)8-7-12(18-20)16(23)19-10-14(21)17-11-5-3-4-6-13(11)19/h3-8H,2,9-10H2,1H3,(H,17,21). The molecule has 1 aromatic heterocycles. The Labute approximate surface area is 132 Å². The van der Waals surface area contributed by atoms with Crippen LogP contribution in [0.3, 0.4) is 0 Å². The van der Waals surface area contributed by atoms with E-state index < -0.39 is 5.91 Å². The van der Waals surface area contributed by atoms with Crippen molar-refractivity contribution in [2.45, 2.75) is 19.9 Å². The lowest BCUT2D eigenvalue weighted by atomic mass is 10.1. The van der Waals surface area contributed by atoms with Crippen molar-refractivity contribution in [3.05, 3.63) is 52.4 Å². The Kier molecular flexibility index (Phi) is 3.92. The lowest BCUT2D eigenvalue weighted by Gasteiger charge is -2.28. The first-order chi connectivity index (χ1) is 11.1. The predicted octanol–water partition coefficient (Wildman–Crippen LogP) is 1.25. The van der Waals surface area contributed by atoms with Crippen molar-refractivity contribution in [1.29, 1.82) is 0 Å². The van der Waals surface area contributed by atoms with Gasteiger partial charge in [-0.15, -0.1) is 0 Å². The largest absolute Gasteiger partial charge is 0.323 e. The van der Waals surface area contributed by atoms with E-state index in [4.69, 9.17) is 0 Å². The molecule has 0 bridgehead atoms. The van der Waals surface area contributed by atoms with Crippen LogP contribution < -0.4 is 15.8 Å². The number of amides is 2. The summed E-state index contributed by atoms with van der Waals surface area (Å²) < 4.78 is 1.27. The van der Waals surface area contributed by atoms with E-state index in [1.807, 2.05) is 6.92 Å². The molecule has 7 heteroatoms. The number of fused-ring (bicyclic) bond motifs is 1. The topological polar surface area (TPSA) is 84.3 Å². The summed E-state index contributed by atoms with van der Waals surface area (Å²) in [6.45, 7) is 2.29. The van der Waals surface area contributed by atoms with E-state index >= 15 is 0 Å². The second-order valence-corrected chi connectivity index (χ2v) is 5.24. The average Bonchev–Trinajstić information content (AvgIpc) is 2.55. The van der Waals surface area contributed by atoms with Crippen LogP contribution in [0.25, 0.3) is 0 Å². The molecule has 7 nitrogen and oxygen atoms in total. The second-order valence-electron chi connectivity index (χ2n) is 5.24. The fourth-order valence-corrected chi connectivity index (χ4v) is 2.49. The van der Waals surface area contributed by atoms with Crippen LogP contribution in [0, 0.1) is 0 Å². The summed E-state index contributed by atoms with van der Waals surface area (Å²) in [4.78, 5) is 37.7. The van der Waals surface area contributed by atoms with Crippen LogP contribution in [0.1, 0.15) is 23.8 Å². The molecule has 1 aromatic carbocycles. The van der Waals surface area contributed by atoms with E-state index in [1.165, 1.54) is 21.7 Å². The highest BCUT2D eigenvalue weighted by Gasteiger charge is 2.28. The molecule has 0 fully saturated rings. The first-order valence-electron chi connectivity index (χ1n) is 7.39. The Morgan fingerprint density at radius 1 is 1.22 bits per heavy atom. The van der Waals surface area contributed by atoms with E-state index in [0.717, 1.165) is 6.42 Å². The highest BCUT2D eigenvalue weighted by atomic mass is 16.2. The molecule has 2 heterocycles. The molecule has 0 radical (unpaired) electrons. The quantitative estimate of drug-likeness (QED) is 0.924. The first-order valence-corrected chi connectivity index (χ1v) is 7.39. The van der Waals surface area contributed by atoms with Gasteiger partial charge in [-0.25, -0.2) is 4.68 Å². The molecule has 1 aliphatic rings. The van der Waals surface area contributed by atoms with Crippen molar-refractivity contribution in [3.63, 3.8) is 0 Å². The Bertz CT molecular complexity index is 828. The minimum Gasteiger partial charge on any atom is -0.323 e.